The van der Waals surface area contributed by atoms with Crippen LogP contribution in [0.1, 0.15) is 31.2 Å². The van der Waals surface area contributed by atoms with Crippen LogP contribution in [0.15, 0.2) is 34.6 Å². The van der Waals surface area contributed by atoms with Crippen LogP contribution in [0.3, 0.4) is 0 Å². The molecule has 0 N–H and O–H groups in total. The first-order valence-corrected chi connectivity index (χ1v) is 5.92. The van der Waals surface area contributed by atoms with E-state index < -0.39 is 0 Å². The number of nitrogens with zero attached hydrogens (tertiary/aromatic N) is 1. The molecule has 2 rings (SSSR count). The molecule has 0 fully saturated rings. The van der Waals surface area contributed by atoms with Gasteiger partial charge in [0.1, 0.15) is 4.60 Å². The number of halogens is 1. The molecule has 0 spiro atoms. The molecule has 0 radical (unpaired) electrons. The molecule has 0 atom stereocenters. The molecule has 1 nitrogen and oxygen atoms in total. The first kappa shape index (κ1) is 9.91. The van der Waals surface area contributed by atoms with Crippen molar-refractivity contribution in [3.05, 3.63) is 40.1 Å². The predicted molar refractivity (Wildman–Crippen MR) is 62.2 cm³/mol. The molecule has 0 amide bonds. The molecule has 0 bridgehead atoms. The highest BCUT2D eigenvalue weighted by molar-refractivity contribution is 9.10. The predicted octanol–water partition coefficient (Wildman–Crippen LogP) is 3.89. The lowest BCUT2D eigenvalue weighted by Crippen LogP contribution is -1.96. The highest BCUT2D eigenvalue weighted by atomic mass is 79.9. The summed E-state index contributed by atoms with van der Waals surface area (Å²) in [6, 6.07) is 4.20. The zero-order chi connectivity index (χ0) is 9.80. The molecule has 0 unspecified atom stereocenters. The number of rotatable bonds is 2. The Morgan fingerprint density at radius 3 is 3.00 bits per heavy atom. The van der Waals surface area contributed by atoms with Crippen molar-refractivity contribution in [2.75, 3.05) is 0 Å². The fourth-order valence-corrected chi connectivity index (χ4v) is 2.29. The van der Waals surface area contributed by atoms with Crippen LogP contribution >= 0.6 is 15.9 Å². The number of pyridine rings is 1. The second kappa shape index (κ2) is 4.74. The van der Waals surface area contributed by atoms with E-state index in [1.54, 1.807) is 5.57 Å². The number of aromatic nitrogens is 1. The molecule has 1 heterocycles. The lowest BCUT2D eigenvalue weighted by atomic mass is 9.95. The first-order valence-electron chi connectivity index (χ1n) is 5.13. The van der Waals surface area contributed by atoms with Crippen molar-refractivity contribution in [1.82, 2.24) is 4.98 Å². The quantitative estimate of drug-likeness (QED) is 0.574. The van der Waals surface area contributed by atoms with Gasteiger partial charge in [0.2, 0.25) is 0 Å². The molecule has 0 aromatic carbocycles. The maximum atomic E-state index is 4.13. The minimum atomic E-state index is 0.936. The number of hydrogen-bond donors (Lipinski definition) is 0. The molecule has 0 saturated heterocycles. The summed E-state index contributed by atoms with van der Waals surface area (Å²) >= 11 is 3.40. The van der Waals surface area contributed by atoms with E-state index in [2.05, 4.69) is 39.1 Å². The van der Waals surface area contributed by atoms with Crippen LogP contribution in [0.4, 0.5) is 0 Å². The second-order valence-electron chi connectivity index (χ2n) is 3.77. The highest BCUT2D eigenvalue weighted by Gasteiger charge is 2.04. The van der Waals surface area contributed by atoms with Crippen LogP contribution in [-0.4, -0.2) is 4.98 Å². The Morgan fingerprint density at radius 2 is 2.29 bits per heavy atom. The van der Waals surface area contributed by atoms with Gasteiger partial charge in [0, 0.05) is 6.20 Å². The van der Waals surface area contributed by atoms with E-state index in [9.17, 15) is 0 Å². The third-order valence-corrected chi connectivity index (χ3v) is 3.04. The molecule has 2 heteroatoms. The molecule has 1 aliphatic rings. The Balaban J connectivity index is 2.06. The van der Waals surface area contributed by atoms with Crippen molar-refractivity contribution in [2.24, 2.45) is 0 Å². The molecule has 74 valence electrons. The average molecular weight is 252 g/mol. The third kappa shape index (κ3) is 2.68. The largest absolute Gasteiger partial charge is 0.249 e. The second-order valence-corrected chi connectivity index (χ2v) is 4.58. The monoisotopic (exact) mass is 251 g/mol. The van der Waals surface area contributed by atoms with E-state index in [1.807, 2.05) is 6.20 Å². The van der Waals surface area contributed by atoms with Gasteiger partial charge in [-0.3, -0.25) is 0 Å². The number of hydrogen-bond acceptors (Lipinski definition) is 1. The molecular weight excluding hydrogens is 238 g/mol. The summed E-state index contributed by atoms with van der Waals surface area (Å²) in [5, 5.41) is 0. The summed E-state index contributed by atoms with van der Waals surface area (Å²) in [6.45, 7) is 0. The molecule has 1 aliphatic carbocycles. The van der Waals surface area contributed by atoms with Gasteiger partial charge in [-0.05, 0) is 65.7 Å². The maximum Gasteiger partial charge on any atom is 0.106 e. The van der Waals surface area contributed by atoms with Gasteiger partial charge in [0.15, 0.2) is 0 Å². The first-order chi connectivity index (χ1) is 6.84. The fraction of sp³-hybridized carbons (Fsp3) is 0.417. The van der Waals surface area contributed by atoms with Gasteiger partial charge in [-0.1, -0.05) is 11.6 Å². The SMILES string of the molecule is Brc1cc(CC2=CCCCC2)ccn1. The van der Waals surface area contributed by atoms with Gasteiger partial charge in [0.25, 0.3) is 0 Å². The normalized spacial score (nSPS) is 16.5. The highest BCUT2D eigenvalue weighted by Crippen LogP contribution is 2.21. The van der Waals surface area contributed by atoms with Gasteiger partial charge >= 0.3 is 0 Å². The van der Waals surface area contributed by atoms with Crippen LogP contribution in [-0.2, 0) is 6.42 Å². The summed E-state index contributed by atoms with van der Waals surface area (Å²) in [7, 11) is 0. The molecule has 0 saturated carbocycles. The van der Waals surface area contributed by atoms with Gasteiger partial charge in [-0.15, -0.1) is 0 Å². The summed E-state index contributed by atoms with van der Waals surface area (Å²) in [4.78, 5) is 4.13. The van der Waals surface area contributed by atoms with Crippen LogP contribution in [0.25, 0.3) is 0 Å². The average Bonchev–Trinajstić information content (AvgIpc) is 2.19. The smallest absolute Gasteiger partial charge is 0.106 e. The van der Waals surface area contributed by atoms with Crippen molar-refractivity contribution in [1.29, 1.82) is 0 Å². The Bertz CT molecular complexity index is 344. The Labute approximate surface area is 93.4 Å². The lowest BCUT2D eigenvalue weighted by molar-refractivity contribution is 0.688. The van der Waals surface area contributed by atoms with Gasteiger partial charge < -0.3 is 0 Å². The molecular formula is C12H14BrN. The molecule has 0 aliphatic heterocycles. The van der Waals surface area contributed by atoms with Crippen LogP contribution in [0.2, 0.25) is 0 Å². The van der Waals surface area contributed by atoms with Crippen LogP contribution in [0.5, 0.6) is 0 Å². The molecule has 14 heavy (non-hydrogen) atoms. The van der Waals surface area contributed by atoms with Gasteiger partial charge in [-0.25, -0.2) is 4.98 Å². The van der Waals surface area contributed by atoms with E-state index in [-0.39, 0.29) is 0 Å². The topological polar surface area (TPSA) is 12.9 Å². The summed E-state index contributed by atoms with van der Waals surface area (Å²) in [5.41, 5.74) is 2.95. The Kier molecular flexibility index (Phi) is 3.35. The van der Waals surface area contributed by atoms with E-state index in [1.165, 1.54) is 31.2 Å². The van der Waals surface area contributed by atoms with Crippen molar-refractivity contribution in [2.45, 2.75) is 32.1 Å². The zero-order valence-electron chi connectivity index (χ0n) is 8.17. The summed E-state index contributed by atoms with van der Waals surface area (Å²) in [5.74, 6) is 0. The van der Waals surface area contributed by atoms with Crippen molar-refractivity contribution >= 4 is 15.9 Å². The summed E-state index contributed by atoms with van der Waals surface area (Å²) in [6.07, 6.45) is 10.6. The van der Waals surface area contributed by atoms with Gasteiger partial charge in [0.05, 0.1) is 0 Å². The fourth-order valence-electron chi connectivity index (χ4n) is 1.88. The zero-order valence-corrected chi connectivity index (χ0v) is 9.76. The van der Waals surface area contributed by atoms with Crippen molar-refractivity contribution < 1.29 is 0 Å². The standard InChI is InChI=1S/C12H14BrN/c13-12-9-11(6-7-14-12)8-10-4-2-1-3-5-10/h4,6-7,9H,1-3,5,8H2. The minimum Gasteiger partial charge on any atom is -0.249 e. The maximum absolute atomic E-state index is 4.13. The van der Waals surface area contributed by atoms with E-state index in [4.69, 9.17) is 0 Å². The van der Waals surface area contributed by atoms with Crippen LogP contribution < -0.4 is 0 Å². The number of allylic oxidation sites excluding steroid dienone is 2. The minimum absolute atomic E-state index is 0.936. The van der Waals surface area contributed by atoms with Gasteiger partial charge in [-0.2, -0.15) is 0 Å². The van der Waals surface area contributed by atoms with E-state index in [0.29, 0.717) is 0 Å². The van der Waals surface area contributed by atoms with Crippen LogP contribution in [0, 0.1) is 0 Å². The van der Waals surface area contributed by atoms with Crippen molar-refractivity contribution in [3.63, 3.8) is 0 Å². The van der Waals surface area contributed by atoms with E-state index >= 15 is 0 Å². The lowest BCUT2D eigenvalue weighted by Gasteiger charge is -2.12. The van der Waals surface area contributed by atoms with Crippen molar-refractivity contribution in [3.8, 4) is 0 Å². The Hall–Kier alpha value is -0.630. The van der Waals surface area contributed by atoms with E-state index in [0.717, 1.165) is 11.0 Å². The third-order valence-electron chi connectivity index (χ3n) is 2.61. The molecule has 1 aromatic heterocycles. The molecule has 1 aromatic rings. The summed E-state index contributed by atoms with van der Waals surface area (Å²) < 4.78 is 0.936. The Morgan fingerprint density at radius 1 is 1.36 bits per heavy atom.